The molecule has 10 nitrogen and oxygen atoms in total. The third kappa shape index (κ3) is 4.06. The third-order valence-corrected chi connectivity index (χ3v) is 4.62. The van der Waals surface area contributed by atoms with Crippen molar-refractivity contribution < 1.29 is 15.0 Å². The number of rotatable bonds is 7. The fourth-order valence-electron chi connectivity index (χ4n) is 3.14. The molecule has 150 valence electrons. The number of nitrogens with one attached hydrogen (secondary N) is 1. The molecule has 0 radical (unpaired) electrons. The first kappa shape index (κ1) is 20.0. The number of nitro benzene ring substituents is 2. The second-order valence-corrected chi connectivity index (χ2v) is 6.53. The minimum absolute atomic E-state index is 0.146. The number of hydrogen-bond acceptors (Lipinski definition) is 7. The number of aliphatic hydroxyl groups is 1. The molecule has 0 amide bonds. The zero-order valence-electron chi connectivity index (χ0n) is 15.8. The van der Waals surface area contributed by atoms with Crippen LogP contribution in [0.1, 0.15) is 16.7 Å². The molecule has 0 aliphatic rings. The summed E-state index contributed by atoms with van der Waals surface area (Å²) in [5.41, 5.74) is 1.91. The number of anilines is 1. The molecule has 0 aliphatic carbocycles. The normalized spacial score (nSPS) is 10.7. The average Bonchev–Trinajstić information content (AvgIpc) is 3.12. The van der Waals surface area contributed by atoms with Gasteiger partial charge in [-0.15, -0.1) is 0 Å². The summed E-state index contributed by atoms with van der Waals surface area (Å²) < 4.78 is 1.68. The molecule has 0 unspecified atom stereocenters. The van der Waals surface area contributed by atoms with Gasteiger partial charge < -0.3 is 10.4 Å². The topological polar surface area (TPSA) is 136 Å². The van der Waals surface area contributed by atoms with Gasteiger partial charge in [0.15, 0.2) is 5.69 Å². The summed E-state index contributed by atoms with van der Waals surface area (Å²) in [6, 6.07) is 8.61. The van der Waals surface area contributed by atoms with E-state index in [1.54, 1.807) is 10.9 Å². The Morgan fingerprint density at radius 1 is 1.17 bits per heavy atom. The highest BCUT2D eigenvalue weighted by Crippen LogP contribution is 2.39. The number of aryl methyl sites for hydroxylation is 1. The van der Waals surface area contributed by atoms with Crippen molar-refractivity contribution in [1.82, 2.24) is 9.78 Å². The summed E-state index contributed by atoms with van der Waals surface area (Å²) in [6.45, 7) is 1.08. The molecule has 0 fully saturated rings. The monoisotopic (exact) mass is 397 g/mol. The fraction of sp³-hybridized carbons (Fsp3) is 0.211. The third-order valence-electron chi connectivity index (χ3n) is 4.62. The van der Waals surface area contributed by atoms with E-state index < -0.39 is 27.8 Å². The first-order valence-electron chi connectivity index (χ1n) is 8.69. The lowest BCUT2D eigenvalue weighted by atomic mass is 10.0. The predicted molar refractivity (Wildman–Crippen MR) is 106 cm³/mol. The summed E-state index contributed by atoms with van der Waals surface area (Å²) in [7, 11) is 1.81. The molecule has 2 N–H and O–H groups in total. The number of nitro groups is 2. The van der Waals surface area contributed by atoms with Crippen LogP contribution in [0.5, 0.6) is 0 Å². The van der Waals surface area contributed by atoms with E-state index in [9.17, 15) is 25.3 Å². The fourth-order valence-corrected chi connectivity index (χ4v) is 3.14. The van der Waals surface area contributed by atoms with Crippen molar-refractivity contribution in [2.45, 2.75) is 20.1 Å². The molecular formula is C19H19N5O5. The summed E-state index contributed by atoms with van der Waals surface area (Å²) in [4.78, 5) is 21.7. The first-order valence-corrected chi connectivity index (χ1v) is 8.69. The van der Waals surface area contributed by atoms with E-state index in [2.05, 4.69) is 10.4 Å². The number of benzene rings is 2. The Kier molecular flexibility index (Phi) is 5.55. The zero-order valence-corrected chi connectivity index (χ0v) is 15.8. The van der Waals surface area contributed by atoms with E-state index in [4.69, 9.17) is 0 Å². The van der Waals surface area contributed by atoms with Gasteiger partial charge in [-0.1, -0.05) is 18.2 Å². The summed E-state index contributed by atoms with van der Waals surface area (Å²) in [5, 5.41) is 39.5. The Morgan fingerprint density at radius 3 is 2.52 bits per heavy atom. The smallest absolute Gasteiger partial charge is 0.302 e. The number of aromatic nitrogens is 2. The molecule has 2 aromatic carbocycles. The van der Waals surface area contributed by atoms with Crippen molar-refractivity contribution in [2.75, 3.05) is 5.32 Å². The van der Waals surface area contributed by atoms with E-state index in [0.29, 0.717) is 0 Å². The molecule has 0 aliphatic heterocycles. The Labute approximate surface area is 165 Å². The van der Waals surface area contributed by atoms with Crippen LogP contribution in [0.3, 0.4) is 0 Å². The number of nitrogens with zero attached hydrogens (tertiary/aromatic N) is 4. The second-order valence-electron chi connectivity index (χ2n) is 6.53. The minimum Gasteiger partial charge on any atom is -0.392 e. The van der Waals surface area contributed by atoms with Crippen molar-refractivity contribution >= 4 is 17.1 Å². The van der Waals surface area contributed by atoms with E-state index in [1.807, 2.05) is 37.5 Å². The number of aliphatic hydroxyl groups excluding tert-OH is 1. The summed E-state index contributed by atoms with van der Waals surface area (Å²) in [5.74, 6) is 0. The van der Waals surface area contributed by atoms with Crippen molar-refractivity contribution in [3.8, 4) is 11.1 Å². The van der Waals surface area contributed by atoms with E-state index >= 15 is 0 Å². The van der Waals surface area contributed by atoms with Gasteiger partial charge in [0.05, 0.1) is 22.7 Å². The van der Waals surface area contributed by atoms with Gasteiger partial charge in [-0.2, -0.15) is 5.10 Å². The van der Waals surface area contributed by atoms with Crippen LogP contribution >= 0.6 is 0 Å². The molecule has 10 heteroatoms. The van der Waals surface area contributed by atoms with Gasteiger partial charge >= 0.3 is 5.69 Å². The largest absolute Gasteiger partial charge is 0.392 e. The van der Waals surface area contributed by atoms with Crippen LogP contribution in [-0.4, -0.2) is 24.7 Å². The van der Waals surface area contributed by atoms with Crippen molar-refractivity contribution in [2.24, 2.45) is 7.05 Å². The lowest BCUT2D eigenvalue weighted by Gasteiger charge is -2.12. The van der Waals surface area contributed by atoms with Gasteiger partial charge in [0, 0.05) is 37.0 Å². The molecule has 0 bridgehead atoms. The zero-order chi connectivity index (χ0) is 21.1. The second kappa shape index (κ2) is 8.07. The van der Waals surface area contributed by atoms with Crippen LogP contribution in [0.25, 0.3) is 11.1 Å². The molecule has 0 saturated heterocycles. The molecule has 0 spiro atoms. The SMILES string of the molecule is Cc1c(CO)cc([N+](=O)[O-])c(NCc2cccc(-c3cnn(C)c3)c2)c1[N+](=O)[O-]. The summed E-state index contributed by atoms with van der Waals surface area (Å²) >= 11 is 0. The number of hydrogen-bond donors (Lipinski definition) is 2. The van der Waals surface area contributed by atoms with E-state index in [-0.39, 0.29) is 23.4 Å². The van der Waals surface area contributed by atoms with E-state index in [1.165, 1.54) is 6.92 Å². The molecule has 0 atom stereocenters. The van der Waals surface area contributed by atoms with Crippen LogP contribution < -0.4 is 5.32 Å². The maximum Gasteiger partial charge on any atom is 0.302 e. The standard InChI is InChI=1S/C19H19N5O5/c1-12-15(11-25)7-17(23(26)27)18(19(12)24(28)29)20-8-13-4-3-5-14(6-13)16-9-21-22(2)10-16/h3-7,9-10,20,25H,8,11H2,1-2H3. The van der Waals surface area contributed by atoms with Crippen LogP contribution in [0.2, 0.25) is 0 Å². The molecule has 29 heavy (non-hydrogen) atoms. The molecule has 3 aromatic rings. The van der Waals surface area contributed by atoms with Crippen molar-refractivity contribution in [3.63, 3.8) is 0 Å². The predicted octanol–water partition coefficient (Wildman–Crippen LogP) is 3.32. The molecule has 1 aromatic heterocycles. The highest BCUT2D eigenvalue weighted by molar-refractivity contribution is 5.78. The van der Waals surface area contributed by atoms with Gasteiger partial charge in [-0.25, -0.2) is 0 Å². The Bertz CT molecular complexity index is 1090. The maximum atomic E-state index is 11.6. The lowest BCUT2D eigenvalue weighted by Crippen LogP contribution is -2.09. The van der Waals surface area contributed by atoms with Gasteiger partial charge in [0.25, 0.3) is 5.69 Å². The quantitative estimate of drug-likeness (QED) is 0.461. The Hall–Kier alpha value is -3.79. The summed E-state index contributed by atoms with van der Waals surface area (Å²) in [6.07, 6.45) is 3.58. The molecule has 0 saturated carbocycles. The highest BCUT2D eigenvalue weighted by Gasteiger charge is 2.30. The lowest BCUT2D eigenvalue weighted by molar-refractivity contribution is -0.392. The molecule has 3 rings (SSSR count). The van der Waals surface area contributed by atoms with Crippen LogP contribution in [0, 0.1) is 27.2 Å². The van der Waals surface area contributed by atoms with Crippen LogP contribution in [0.15, 0.2) is 42.7 Å². The van der Waals surface area contributed by atoms with Crippen LogP contribution in [-0.2, 0) is 20.2 Å². The van der Waals surface area contributed by atoms with E-state index in [0.717, 1.165) is 22.8 Å². The van der Waals surface area contributed by atoms with Gasteiger partial charge in [-0.05, 0) is 29.7 Å². The highest BCUT2D eigenvalue weighted by atomic mass is 16.6. The van der Waals surface area contributed by atoms with Crippen LogP contribution in [0.4, 0.5) is 17.1 Å². The van der Waals surface area contributed by atoms with Crippen molar-refractivity contribution in [1.29, 1.82) is 0 Å². The molecule has 1 heterocycles. The van der Waals surface area contributed by atoms with Gasteiger partial charge in [-0.3, -0.25) is 24.9 Å². The van der Waals surface area contributed by atoms with Gasteiger partial charge in [0.1, 0.15) is 0 Å². The Morgan fingerprint density at radius 2 is 1.93 bits per heavy atom. The average molecular weight is 397 g/mol. The minimum atomic E-state index is -0.694. The van der Waals surface area contributed by atoms with Crippen molar-refractivity contribution in [3.05, 3.63) is 79.6 Å². The first-order chi connectivity index (χ1) is 13.8. The maximum absolute atomic E-state index is 11.6. The van der Waals surface area contributed by atoms with Gasteiger partial charge in [0.2, 0.25) is 0 Å². The molecular weight excluding hydrogens is 378 g/mol. The Balaban J connectivity index is 1.97.